The molecule has 0 N–H and O–H groups in total. The lowest BCUT2D eigenvalue weighted by molar-refractivity contribution is -0.150. The van der Waals surface area contributed by atoms with Gasteiger partial charge in [-0.15, -0.1) is 0 Å². The number of nitrogens with zero attached hydrogens (tertiary/aromatic N) is 2. The van der Waals surface area contributed by atoms with Gasteiger partial charge in [-0.1, -0.05) is 60.9 Å². The minimum atomic E-state index is -0.552. The van der Waals surface area contributed by atoms with Crippen LogP contribution in [0.25, 0.3) is 0 Å². The van der Waals surface area contributed by atoms with Gasteiger partial charge in [-0.25, -0.2) is 9.59 Å². The van der Waals surface area contributed by atoms with Gasteiger partial charge >= 0.3 is 59.7 Å². The molecule has 2 fully saturated rings. The van der Waals surface area contributed by atoms with E-state index in [1.54, 1.807) is 48.5 Å². The number of ether oxygens (including phenoxy) is 10. The third-order valence-electron chi connectivity index (χ3n) is 14.1. The van der Waals surface area contributed by atoms with Crippen LogP contribution in [0.4, 0.5) is 0 Å². The van der Waals surface area contributed by atoms with Crippen molar-refractivity contribution in [2.45, 2.75) is 125 Å². The van der Waals surface area contributed by atoms with E-state index in [1.165, 1.54) is 12.1 Å². The summed E-state index contributed by atoms with van der Waals surface area (Å²) < 4.78 is 53.9. The number of hydrogen-bond donors (Lipinski definition) is 0. The first-order valence-corrected chi connectivity index (χ1v) is 30.5. The van der Waals surface area contributed by atoms with Crippen molar-refractivity contribution in [3.8, 4) is 35.1 Å². The number of thioether (sulfide) groups is 2. The molecule has 1 heterocycles. The molecule has 1 aliphatic heterocycles. The van der Waals surface area contributed by atoms with Gasteiger partial charge in [0.15, 0.2) is 0 Å². The Kier molecular flexibility index (Phi) is 28.3. The van der Waals surface area contributed by atoms with Crippen LogP contribution in [0.5, 0.6) is 23.0 Å². The molecule has 88 heavy (non-hydrogen) atoms. The molecule has 0 spiro atoms. The van der Waals surface area contributed by atoms with Gasteiger partial charge in [0.05, 0.1) is 103 Å². The number of carbonyl (C=O) groups excluding carboxylic acids is 10. The summed E-state index contributed by atoms with van der Waals surface area (Å²) in [5.41, 5.74) is 1.47. The van der Waals surface area contributed by atoms with Gasteiger partial charge in [-0.3, -0.25) is 38.4 Å². The van der Waals surface area contributed by atoms with Gasteiger partial charge in [-0.05, 0) is 125 Å². The Morgan fingerprint density at radius 1 is 0.420 bits per heavy atom. The number of carbonyl (C=O) groups is 10. The second kappa shape index (κ2) is 36.4. The molecule has 0 atom stereocenters. The third-order valence-corrected chi connectivity index (χ3v) is 16.8. The monoisotopic (exact) mass is 1250 g/mol. The second-order valence-electron chi connectivity index (χ2n) is 20.4. The maximum atomic E-state index is 13.7. The zero-order chi connectivity index (χ0) is 63.2. The van der Waals surface area contributed by atoms with Crippen molar-refractivity contribution in [2.75, 3.05) is 39.6 Å². The van der Waals surface area contributed by atoms with E-state index < -0.39 is 83.4 Å². The van der Waals surface area contributed by atoms with E-state index >= 15 is 0 Å². The molecular weight excluding hydrogens is 1180 g/mol. The molecule has 0 bridgehead atoms. The van der Waals surface area contributed by atoms with Crippen LogP contribution in [0.15, 0.2) is 106 Å². The Hall–Kier alpha value is -8.74. The molecule has 3 aliphatic rings. The highest BCUT2D eigenvalue weighted by atomic mass is 32.2. The van der Waals surface area contributed by atoms with Crippen molar-refractivity contribution in [2.24, 2.45) is 23.7 Å². The Morgan fingerprint density at radius 3 is 1.02 bits per heavy atom. The molecule has 0 aromatic heterocycles. The smallest absolute Gasteiger partial charge is 0.330 e. The Balaban J connectivity index is 0.880. The predicted octanol–water partition coefficient (Wildman–Crippen LogP) is 9.61. The SMILES string of the molecule is C=CC(=O)OCCCCOC(=O)CCC(=O)OCCc1ccc(OC(=O)[C@H]2CC[C@H](C(=O)Oc3ccc(OC(=O)[C@H]4CC[C@H](C(=O)Oc5ccc(CCOC(=O)CCC(=O)OCCCCOC(=O)C=C)cc5)CC4)c4c3SC(=C(C#N)C#N)S4)CC2)cc1. The van der Waals surface area contributed by atoms with Crippen molar-refractivity contribution < 1.29 is 95.3 Å². The molecule has 2 saturated carbocycles. The predicted molar refractivity (Wildman–Crippen MR) is 313 cm³/mol. The number of esters is 10. The van der Waals surface area contributed by atoms with Crippen molar-refractivity contribution in [1.29, 1.82) is 10.5 Å². The zero-order valence-electron chi connectivity index (χ0n) is 48.5. The number of benzene rings is 3. The normalized spacial score (nSPS) is 16.5. The van der Waals surface area contributed by atoms with Crippen molar-refractivity contribution in [3.63, 3.8) is 0 Å². The average Bonchev–Trinajstić information content (AvgIpc) is 2.44. The van der Waals surface area contributed by atoms with E-state index in [9.17, 15) is 58.5 Å². The molecule has 22 nitrogen and oxygen atoms in total. The molecule has 0 amide bonds. The van der Waals surface area contributed by atoms with Gasteiger partial charge in [0.1, 0.15) is 40.7 Å². The van der Waals surface area contributed by atoms with Crippen molar-refractivity contribution in [3.05, 3.63) is 107 Å². The molecule has 0 radical (unpaired) electrons. The summed E-state index contributed by atoms with van der Waals surface area (Å²) in [6.07, 6.45) is 7.18. The van der Waals surface area contributed by atoms with Crippen molar-refractivity contribution >= 4 is 83.2 Å². The van der Waals surface area contributed by atoms with Crippen LogP contribution >= 0.6 is 23.5 Å². The second-order valence-corrected chi connectivity index (χ2v) is 22.7. The molecule has 0 unspecified atom stereocenters. The number of rotatable bonds is 32. The Bertz CT molecular complexity index is 2920. The fourth-order valence-corrected chi connectivity index (χ4v) is 11.7. The molecule has 6 rings (SSSR count). The highest BCUT2D eigenvalue weighted by Gasteiger charge is 2.37. The highest BCUT2D eigenvalue weighted by Crippen LogP contribution is 2.59. The minimum absolute atomic E-state index is 0.0715. The number of hydrogen-bond acceptors (Lipinski definition) is 24. The molecule has 0 saturated heterocycles. The first-order valence-electron chi connectivity index (χ1n) is 28.9. The van der Waals surface area contributed by atoms with Crippen molar-refractivity contribution in [1.82, 2.24) is 0 Å². The fraction of sp³-hybridized carbons (Fsp3) is 0.438. The summed E-state index contributed by atoms with van der Waals surface area (Å²) in [7, 11) is 0. The van der Waals surface area contributed by atoms with E-state index in [4.69, 9.17) is 47.4 Å². The zero-order valence-corrected chi connectivity index (χ0v) is 50.1. The highest BCUT2D eigenvalue weighted by molar-refractivity contribution is 8.24. The van der Waals surface area contributed by atoms with Crippen LogP contribution in [0.2, 0.25) is 0 Å². The van der Waals surface area contributed by atoms with E-state index in [0.717, 1.165) is 46.8 Å². The molecule has 3 aromatic carbocycles. The van der Waals surface area contributed by atoms with Crippen LogP contribution in [0, 0.1) is 46.3 Å². The Morgan fingerprint density at radius 2 is 0.716 bits per heavy atom. The minimum Gasteiger partial charge on any atom is -0.466 e. The molecule has 24 heteroatoms. The summed E-state index contributed by atoms with van der Waals surface area (Å²) in [4.78, 5) is 125. The fourth-order valence-electron chi connectivity index (χ4n) is 9.17. The maximum Gasteiger partial charge on any atom is 0.330 e. The van der Waals surface area contributed by atoms with E-state index in [-0.39, 0.29) is 82.4 Å². The van der Waals surface area contributed by atoms with Gasteiger partial charge in [0.25, 0.3) is 0 Å². The summed E-state index contributed by atoms with van der Waals surface area (Å²) in [6, 6.07) is 20.3. The molecular formula is C64H68N2O20S2. The van der Waals surface area contributed by atoms with Gasteiger partial charge < -0.3 is 47.4 Å². The molecule has 466 valence electrons. The number of allylic oxidation sites excluding steroid dienone is 1. The number of unbranched alkanes of at least 4 members (excludes halogenated alkanes) is 2. The van der Waals surface area contributed by atoms with E-state index in [2.05, 4.69) is 13.2 Å². The summed E-state index contributed by atoms with van der Waals surface area (Å²) in [5, 5.41) is 19.4. The number of fused-ring (bicyclic) bond motifs is 1. The summed E-state index contributed by atoms with van der Waals surface area (Å²) in [6.45, 7) is 7.40. The maximum absolute atomic E-state index is 13.7. The third kappa shape index (κ3) is 22.8. The van der Waals surface area contributed by atoms with E-state index in [1.807, 2.05) is 12.1 Å². The lowest BCUT2D eigenvalue weighted by Crippen LogP contribution is -2.30. The van der Waals surface area contributed by atoms with Crippen LogP contribution in [-0.4, -0.2) is 99.3 Å². The lowest BCUT2D eigenvalue weighted by Gasteiger charge is -2.26. The Labute approximate surface area is 517 Å². The van der Waals surface area contributed by atoms with Crippen LogP contribution in [0.3, 0.4) is 0 Å². The molecule has 2 aliphatic carbocycles. The average molecular weight is 1250 g/mol. The van der Waals surface area contributed by atoms with Gasteiger partial charge in [-0.2, -0.15) is 10.5 Å². The van der Waals surface area contributed by atoms with Gasteiger partial charge in [0.2, 0.25) is 0 Å². The lowest BCUT2D eigenvalue weighted by atomic mass is 9.82. The topological polar surface area (TPSA) is 311 Å². The quantitative estimate of drug-likeness (QED) is 0.0140. The van der Waals surface area contributed by atoms with Crippen LogP contribution in [0.1, 0.15) is 114 Å². The van der Waals surface area contributed by atoms with Gasteiger partial charge in [0, 0.05) is 25.0 Å². The standard InChI is InChI=1S/C64H68N2O20S2/c1-3-52(67)77-33-5-7-35-79-54(69)27-29-56(71)81-37-31-41-9-21-48(22-10-41)83-60(73)43-13-17-45(18-14-43)62(75)85-50-25-26-51(59-58(50)87-64(88-59)47(39-65)40-66)86-63(76)46-19-15-44(16-20-46)61(74)84-49-23-11-42(12-24-49)32-38-82-57(72)30-28-55(70)80-36-8-6-34-78-53(68)4-2/h3-4,9-12,21-26,43-46H,1-2,5-8,13-20,27-38H2/t43-,44-,45-,46-. The first-order chi connectivity index (χ1) is 42.5. The van der Waals surface area contributed by atoms with E-state index in [0.29, 0.717) is 115 Å². The molecule has 3 aromatic rings. The van der Waals surface area contributed by atoms with Crippen LogP contribution < -0.4 is 18.9 Å². The summed E-state index contributed by atoms with van der Waals surface area (Å²) >= 11 is 2.10. The van der Waals surface area contributed by atoms with Crippen LogP contribution in [-0.2, 0) is 89.2 Å². The largest absolute Gasteiger partial charge is 0.466 e. The first kappa shape index (κ1) is 68.4. The number of nitriles is 2. The summed E-state index contributed by atoms with van der Waals surface area (Å²) in [5.74, 6) is -6.26.